The van der Waals surface area contributed by atoms with Gasteiger partial charge in [0.2, 0.25) is 0 Å². The first-order chi connectivity index (χ1) is 10.9. The van der Waals surface area contributed by atoms with E-state index in [2.05, 4.69) is 12.2 Å². The fraction of sp³-hybridized carbons (Fsp3) is 0.611. The number of ether oxygens (including phenoxy) is 1. The van der Waals surface area contributed by atoms with Crippen LogP contribution in [0.2, 0.25) is 10.0 Å². The van der Waals surface area contributed by atoms with Crippen molar-refractivity contribution in [1.82, 2.24) is 5.32 Å². The Bertz CT molecular complexity index is 592. The van der Waals surface area contributed by atoms with Crippen molar-refractivity contribution in [2.24, 2.45) is 17.8 Å². The van der Waals surface area contributed by atoms with Crippen LogP contribution in [0.25, 0.3) is 0 Å². The van der Waals surface area contributed by atoms with Crippen LogP contribution in [0.15, 0.2) is 18.2 Å². The van der Waals surface area contributed by atoms with Crippen LogP contribution in [-0.2, 0) is 4.79 Å². The standard InChI is InChI=1S/C18H23Cl2NO2/c1-10(15-8-12-3-4-13(15)7-12)21-18(22)11(2)23-17-6-5-14(19)9-16(17)20/h5-6,9-13,15H,3-4,7-8H2,1-2H3,(H,21,22)/t10-,11-,12-,13-,15-/m1/s1. The van der Waals surface area contributed by atoms with E-state index in [0.717, 1.165) is 11.8 Å². The van der Waals surface area contributed by atoms with Crippen molar-refractivity contribution < 1.29 is 9.53 Å². The molecular weight excluding hydrogens is 333 g/mol. The Morgan fingerprint density at radius 2 is 2.04 bits per heavy atom. The molecule has 1 N–H and O–H groups in total. The number of hydrogen-bond acceptors (Lipinski definition) is 2. The monoisotopic (exact) mass is 355 g/mol. The first-order valence-corrected chi connectivity index (χ1v) is 9.11. The molecule has 23 heavy (non-hydrogen) atoms. The molecule has 0 spiro atoms. The minimum absolute atomic E-state index is 0.0914. The maximum atomic E-state index is 12.4. The van der Waals surface area contributed by atoms with Gasteiger partial charge in [0.1, 0.15) is 5.75 Å². The largest absolute Gasteiger partial charge is 0.479 e. The molecule has 0 radical (unpaired) electrons. The summed E-state index contributed by atoms with van der Waals surface area (Å²) in [7, 11) is 0. The van der Waals surface area contributed by atoms with Crippen LogP contribution in [-0.4, -0.2) is 18.1 Å². The number of hydrogen-bond donors (Lipinski definition) is 1. The maximum Gasteiger partial charge on any atom is 0.260 e. The molecule has 2 fully saturated rings. The minimum Gasteiger partial charge on any atom is -0.479 e. The summed E-state index contributed by atoms with van der Waals surface area (Å²) in [6, 6.07) is 5.20. The molecule has 0 heterocycles. The molecule has 5 heteroatoms. The Kier molecular flexibility index (Phi) is 5.07. The molecule has 2 aliphatic rings. The smallest absolute Gasteiger partial charge is 0.260 e. The Labute approximate surface area is 147 Å². The third-order valence-electron chi connectivity index (χ3n) is 5.37. The highest BCUT2D eigenvalue weighted by Gasteiger charge is 2.42. The Hall–Kier alpha value is -0.930. The van der Waals surface area contributed by atoms with E-state index in [1.165, 1.54) is 25.7 Å². The highest BCUT2D eigenvalue weighted by atomic mass is 35.5. The molecule has 0 aliphatic heterocycles. The van der Waals surface area contributed by atoms with Gasteiger partial charge in [-0.1, -0.05) is 29.6 Å². The molecule has 0 aromatic heterocycles. The lowest BCUT2D eigenvalue weighted by Gasteiger charge is -2.29. The molecule has 0 saturated heterocycles. The number of rotatable bonds is 5. The molecule has 1 aromatic carbocycles. The van der Waals surface area contributed by atoms with Crippen molar-refractivity contribution in [2.45, 2.75) is 51.7 Å². The summed E-state index contributed by atoms with van der Waals surface area (Å²) in [6.45, 7) is 3.86. The van der Waals surface area contributed by atoms with Gasteiger partial charge in [0.15, 0.2) is 6.10 Å². The average molecular weight is 356 g/mol. The van der Waals surface area contributed by atoms with Crippen molar-refractivity contribution in [2.75, 3.05) is 0 Å². The fourth-order valence-corrected chi connectivity index (χ4v) is 4.62. The first kappa shape index (κ1) is 16.9. The number of carbonyl (C=O) groups is 1. The van der Waals surface area contributed by atoms with Gasteiger partial charge >= 0.3 is 0 Å². The molecule has 0 unspecified atom stereocenters. The lowest BCUT2D eigenvalue weighted by molar-refractivity contribution is -0.128. The predicted molar refractivity (Wildman–Crippen MR) is 93.1 cm³/mol. The Balaban J connectivity index is 1.55. The summed E-state index contributed by atoms with van der Waals surface area (Å²) in [4.78, 5) is 12.4. The lowest BCUT2D eigenvalue weighted by atomic mass is 9.84. The van der Waals surface area contributed by atoms with Crippen LogP contribution >= 0.6 is 23.2 Å². The molecule has 5 atom stereocenters. The van der Waals surface area contributed by atoms with Gasteiger partial charge in [-0.25, -0.2) is 0 Å². The zero-order valence-corrected chi connectivity index (χ0v) is 15.0. The van der Waals surface area contributed by atoms with E-state index in [0.29, 0.717) is 21.7 Å². The van der Waals surface area contributed by atoms with Crippen molar-refractivity contribution in [1.29, 1.82) is 0 Å². The third-order valence-corrected chi connectivity index (χ3v) is 5.90. The van der Waals surface area contributed by atoms with E-state index >= 15 is 0 Å². The maximum absolute atomic E-state index is 12.4. The Morgan fingerprint density at radius 1 is 1.26 bits per heavy atom. The van der Waals surface area contributed by atoms with Gasteiger partial charge in [-0.3, -0.25) is 4.79 Å². The Morgan fingerprint density at radius 3 is 2.65 bits per heavy atom. The number of amides is 1. The second kappa shape index (κ2) is 6.90. The molecule has 1 amide bonds. The quantitative estimate of drug-likeness (QED) is 0.830. The fourth-order valence-electron chi connectivity index (χ4n) is 4.17. The normalized spacial score (nSPS) is 28.4. The van der Waals surface area contributed by atoms with Gasteiger partial charge in [-0.2, -0.15) is 0 Å². The SMILES string of the molecule is C[C@@H](Oc1ccc(Cl)cc1Cl)C(=O)N[C@H](C)[C@H]1C[C@@H]2CC[C@@H]1C2. The average Bonchev–Trinajstić information content (AvgIpc) is 3.12. The minimum atomic E-state index is -0.588. The summed E-state index contributed by atoms with van der Waals surface area (Å²) in [5.74, 6) is 2.67. The summed E-state index contributed by atoms with van der Waals surface area (Å²) in [6.07, 6.45) is 4.70. The molecule has 1 aromatic rings. The van der Waals surface area contributed by atoms with Crippen molar-refractivity contribution in [3.8, 4) is 5.75 Å². The second-order valence-electron chi connectivity index (χ2n) is 6.97. The second-order valence-corrected chi connectivity index (χ2v) is 7.81. The van der Waals surface area contributed by atoms with E-state index in [9.17, 15) is 4.79 Å². The van der Waals surface area contributed by atoms with Crippen molar-refractivity contribution >= 4 is 29.1 Å². The van der Waals surface area contributed by atoms with Crippen LogP contribution in [0.4, 0.5) is 0 Å². The molecular formula is C18H23Cl2NO2. The van der Waals surface area contributed by atoms with Crippen LogP contribution in [0, 0.1) is 17.8 Å². The van der Waals surface area contributed by atoms with Gasteiger partial charge in [-0.15, -0.1) is 0 Å². The molecule has 3 rings (SSSR count). The summed E-state index contributed by atoms with van der Waals surface area (Å²) < 4.78 is 5.68. The number of halogens is 2. The van der Waals surface area contributed by atoms with Crippen LogP contribution < -0.4 is 10.1 Å². The number of nitrogens with one attached hydrogen (secondary N) is 1. The van der Waals surface area contributed by atoms with E-state index in [-0.39, 0.29) is 11.9 Å². The highest BCUT2D eigenvalue weighted by molar-refractivity contribution is 6.35. The van der Waals surface area contributed by atoms with E-state index < -0.39 is 6.10 Å². The van der Waals surface area contributed by atoms with Gasteiger partial charge in [-0.05, 0) is 69.1 Å². The molecule has 2 aliphatic carbocycles. The van der Waals surface area contributed by atoms with Crippen LogP contribution in [0.1, 0.15) is 39.5 Å². The highest BCUT2D eigenvalue weighted by Crippen LogP contribution is 2.49. The zero-order valence-electron chi connectivity index (χ0n) is 13.5. The zero-order chi connectivity index (χ0) is 16.6. The van der Waals surface area contributed by atoms with Gasteiger partial charge in [0.25, 0.3) is 5.91 Å². The van der Waals surface area contributed by atoms with Crippen molar-refractivity contribution in [3.63, 3.8) is 0 Å². The summed E-state index contributed by atoms with van der Waals surface area (Å²) in [5.41, 5.74) is 0. The van der Waals surface area contributed by atoms with E-state index in [4.69, 9.17) is 27.9 Å². The van der Waals surface area contributed by atoms with Gasteiger partial charge < -0.3 is 10.1 Å². The van der Waals surface area contributed by atoms with E-state index in [1.54, 1.807) is 25.1 Å². The molecule has 2 bridgehead atoms. The molecule has 2 saturated carbocycles. The number of benzene rings is 1. The summed E-state index contributed by atoms with van der Waals surface area (Å²) in [5, 5.41) is 4.09. The van der Waals surface area contributed by atoms with Crippen molar-refractivity contribution in [3.05, 3.63) is 28.2 Å². The lowest BCUT2D eigenvalue weighted by Crippen LogP contribution is -2.45. The third kappa shape index (κ3) is 3.77. The van der Waals surface area contributed by atoms with Gasteiger partial charge in [0.05, 0.1) is 5.02 Å². The molecule has 3 nitrogen and oxygen atoms in total. The van der Waals surface area contributed by atoms with Gasteiger partial charge in [0, 0.05) is 11.1 Å². The van der Waals surface area contributed by atoms with Crippen LogP contribution in [0.3, 0.4) is 0 Å². The number of carbonyl (C=O) groups excluding carboxylic acids is 1. The van der Waals surface area contributed by atoms with E-state index in [1.807, 2.05) is 0 Å². The number of fused-ring (bicyclic) bond motifs is 2. The summed E-state index contributed by atoms with van der Waals surface area (Å²) >= 11 is 12.0. The van der Waals surface area contributed by atoms with Crippen LogP contribution in [0.5, 0.6) is 5.75 Å². The topological polar surface area (TPSA) is 38.3 Å². The first-order valence-electron chi connectivity index (χ1n) is 8.36. The predicted octanol–water partition coefficient (Wildman–Crippen LogP) is 4.70. The molecule has 126 valence electrons.